The Labute approximate surface area is 192 Å². The van der Waals surface area contributed by atoms with Gasteiger partial charge in [0.25, 0.3) is 0 Å². The maximum Gasteiger partial charge on any atom is 0.123 e. The Morgan fingerprint density at radius 3 is 2.53 bits per heavy atom. The molecule has 2 aromatic rings. The van der Waals surface area contributed by atoms with Gasteiger partial charge >= 0.3 is 0 Å². The van der Waals surface area contributed by atoms with E-state index in [2.05, 4.69) is 54.0 Å². The van der Waals surface area contributed by atoms with E-state index in [0.29, 0.717) is 11.3 Å². The summed E-state index contributed by atoms with van der Waals surface area (Å²) in [7, 11) is 0. The number of nitrogens with zero attached hydrogens (tertiary/aromatic N) is 1. The lowest BCUT2D eigenvalue weighted by atomic mass is 9.45. The molecule has 1 aromatic heterocycles. The number of aryl methyl sites for hydroxylation is 1. The Hall–Kier alpha value is -0.710. The van der Waals surface area contributed by atoms with Crippen LogP contribution in [0.1, 0.15) is 75.3 Å². The number of hydrogen-bond donors (Lipinski definition) is 1. The maximum absolute atomic E-state index is 10.7. The Bertz CT molecular complexity index is 970. The zero-order chi connectivity index (χ0) is 20.7. The van der Waals surface area contributed by atoms with E-state index in [4.69, 9.17) is 4.98 Å². The number of benzene rings is 1. The van der Waals surface area contributed by atoms with Gasteiger partial charge in [-0.05, 0) is 92.1 Å². The van der Waals surface area contributed by atoms with Crippen LogP contribution in [-0.4, -0.2) is 16.2 Å². The zero-order valence-electron chi connectivity index (χ0n) is 18.0. The monoisotopic (exact) mass is 485 g/mol. The van der Waals surface area contributed by atoms with Gasteiger partial charge in [0, 0.05) is 20.8 Å². The minimum atomic E-state index is -0.0677. The molecule has 0 radical (unpaired) electrons. The molecule has 0 amide bonds. The molecule has 30 heavy (non-hydrogen) atoms. The molecule has 1 heterocycles. The fourth-order valence-electron chi connectivity index (χ4n) is 8.14. The van der Waals surface area contributed by atoms with Crippen LogP contribution in [-0.2, 0) is 6.42 Å². The van der Waals surface area contributed by atoms with Gasteiger partial charge in [-0.2, -0.15) is 0 Å². The van der Waals surface area contributed by atoms with E-state index in [0.717, 1.165) is 35.1 Å². The first-order valence-corrected chi connectivity index (χ1v) is 13.4. The highest BCUT2D eigenvalue weighted by Gasteiger charge is 2.60. The normalized spacial score (nSPS) is 42.2. The van der Waals surface area contributed by atoms with Crippen LogP contribution in [0.4, 0.5) is 0 Å². The molecule has 7 atom stereocenters. The first-order chi connectivity index (χ1) is 14.4. The van der Waals surface area contributed by atoms with Gasteiger partial charge in [-0.3, -0.25) is 0 Å². The van der Waals surface area contributed by atoms with Crippen LogP contribution in [0.3, 0.4) is 0 Å². The third kappa shape index (κ3) is 2.72. The number of aliphatic hydroxyl groups excluding tert-OH is 1. The van der Waals surface area contributed by atoms with Crippen molar-refractivity contribution in [3.8, 4) is 10.6 Å². The molecule has 4 aliphatic rings. The first-order valence-electron chi connectivity index (χ1n) is 11.8. The van der Waals surface area contributed by atoms with Gasteiger partial charge in [0.2, 0.25) is 0 Å². The predicted octanol–water partition coefficient (Wildman–Crippen LogP) is 7.21. The minimum absolute atomic E-state index is 0.0677. The Morgan fingerprint density at radius 1 is 0.967 bits per heavy atom. The standard InChI is InChI=1S/C26H32BrNOS/c1-25-14-12-21-23(30-24(28-21)15-3-5-16(27)6-4-15)20(25)8-7-17-18-9-10-22(29)26(18,2)13-11-19(17)25/h3-6,17-20,22,29H,7-14H2,1-2H3/t17-,18-,19-,20-,22-,25+,26-/m0/s1. The van der Waals surface area contributed by atoms with Gasteiger partial charge < -0.3 is 5.11 Å². The second-order valence-corrected chi connectivity index (χ2v) is 12.9. The van der Waals surface area contributed by atoms with Gasteiger partial charge in [-0.15, -0.1) is 11.3 Å². The van der Waals surface area contributed by atoms with Crippen molar-refractivity contribution in [2.45, 2.75) is 77.2 Å². The fraction of sp³-hybridized carbons (Fsp3) is 0.654. The number of aliphatic hydroxyl groups is 1. The largest absolute Gasteiger partial charge is 0.393 e. The van der Waals surface area contributed by atoms with Crippen LogP contribution >= 0.6 is 27.3 Å². The molecule has 0 saturated heterocycles. The number of thiazole rings is 1. The first kappa shape index (κ1) is 19.9. The van der Waals surface area contributed by atoms with Crippen molar-refractivity contribution in [1.29, 1.82) is 0 Å². The summed E-state index contributed by atoms with van der Waals surface area (Å²) in [4.78, 5) is 6.72. The van der Waals surface area contributed by atoms with Gasteiger partial charge in [0.1, 0.15) is 5.01 Å². The summed E-state index contributed by atoms with van der Waals surface area (Å²) in [5, 5.41) is 11.9. The quantitative estimate of drug-likeness (QED) is 0.462. The number of halogens is 1. The lowest BCUT2D eigenvalue weighted by molar-refractivity contribution is -0.0985. The Kier molecular flexibility index (Phi) is 4.58. The maximum atomic E-state index is 10.7. The molecule has 3 fully saturated rings. The summed E-state index contributed by atoms with van der Waals surface area (Å²) in [5.41, 5.74) is 3.23. The lowest BCUT2D eigenvalue weighted by Gasteiger charge is -2.59. The van der Waals surface area contributed by atoms with E-state index in [-0.39, 0.29) is 11.5 Å². The van der Waals surface area contributed by atoms with Crippen molar-refractivity contribution in [1.82, 2.24) is 4.98 Å². The van der Waals surface area contributed by atoms with Gasteiger partial charge in [-0.1, -0.05) is 41.9 Å². The predicted molar refractivity (Wildman–Crippen MR) is 127 cm³/mol. The molecule has 4 aliphatic carbocycles. The summed E-state index contributed by atoms with van der Waals surface area (Å²) in [6.07, 6.45) is 9.85. The Morgan fingerprint density at radius 2 is 1.73 bits per heavy atom. The van der Waals surface area contributed by atoms with Crippen LogP contribution in [0.15, 0.2) is 28.7 Å². The van der Waals surface area contributed by atoms with Gasteiger partial charge in [0.05, 0.1) is 11.8 Å². The second kappa shape index (κ2) is 6.89. The van der Waals surface area contributed by atoms with Crippen molar-refractivity contribution in [2.24, 2.45) is 28.6 Å². The molecule has 1 N–H and O–H groups in total. The van der Waals surface area contributed by atoms with Crippen molar-refractivity contribution in [2.75, 3.05) is 0 Å². The summed E-state index contributed by atoms with van der Waals surface area (Å²) < 4.78 is 1.12. The van der Waals surface area contributed by atoms with Gasteiger partial charge in [-0.25, -0.2) is 4.98 Å². The number of rotatable bonds is 1. The molecule has 2 nitrogen and oxygen atoms in total. The smallest absolute Gasteiger partial charge is 0.123 e. The van der Waals surface area contributed by atoms with Crippen molar-refractivity contribution in [3.63, 3.8) is 0 Å². The minimum Gasteiger partial charge on any atom is -0.393 e. The molecule has 6 rings (SSSR count). The zero-order valence-corrected chi connectivity index (χ0v) is 20.4. The topological polar surface area (TPSA) is 33.1 Å². The molecule has 1 aromatic carbocycles. The molecule has 0 aliphatic heterocycles. The van der Waals surface area contributed by atoms with Crippen LogP contribution in [0, 0.1) is 28.6 Å². The second-order valence-electron chi connectivity index (χ2n) is 11.0. The summed E-state index contributed by atoms with van der Waals surface area (Å²) >= 11 is 5.52. The lowest BCUT2D eigenvalue weighted by Crippen LogP contribution is -2.52. The van der Waals surface area contributed by atoms with Crippen LogP contribution < -0.4 is 0 Å². The summed E-state index contributed by atoms with van der Waals surface area (Å²) in [6.45, 7) is 5.01. The third-order valence-electron chi connectivity index (χ3n) is 9.85. The Balaban J connectivity index is 1.33. The van der Waals surface area contributed by atoms with Crippen LogP contribution in [0.5, 0.6) is 0 Å². The SMILES string of the molecule is C[C@]12CCc3nc(-c4ccc(Br)cc4)sc3[C@@H]1CC[C@@H]1[C@@H]2CC[C@]2(C)[C@@H](O)CC[C@@H]12. The van der Waals surface area contributed by atoms with E-state index in [9.17, 15) is 5.11 Å². The van der Waals surface area contributed by atoms with Crippen molar-refractivity contribution in [3.05, 3.63) is 39.3 Å². The highest BCUT2D eigenvalue weighted by Crippen LogP contribution is 2.68. The highest BCUT2D eigenvalue weighted by atomic mass is 79.9. The number of fused-ring (bicyclic) bond motifs is 7. The average molecular weight is 487 g/mol. The van der Waals surface area contributed by atoms with Crippen molar-refractivity contribution < 1.29 is 5.11 Å². The average Bonchev–Trinajstić information content (AvgIpc) is 3.29. The number of hydrogen-bond acceptors (Lipinski definition) is 3. The van der Waals surface area contributed by atoms with Crippen molar-refractivity contribution >= 4 is 27.3 Å². The van der Waals surface area contributed by atoms with E-state index in [1.165, 1.54) is 54.8 Å². The van der Waals surface area contributed by atoms with Crippen LogP contribution in [0.2, 0.25) is 0 Å². The fourth-order valence-corrected chi connectivity index (χ4v) is 9.81. The molecule has 0 unspecified atom stereocenters. The molecule has 0 bridgehead atoms. The van der Waals surface area contributed by atoms with Crippen LogP contribution in [0.25, 0.3) is 10.6 Å². The molecule has 0 spiro atoms. The van der Waals surface area contributed by atoms with E-state index < -0.39 is 0 Å². The summed E-state index contributed by atoms with van der Waals surface area (Å²) in [5.74, 6) is 3.07. The molecular weight excluding hydrogens is 454 g/mol. The molecule has 3 saturated carbocycles. The van der Waals surface area contributed by atoms with Gasteiger partial charge in [0.15, 0.2) is 0 Å². The number of aromatic nitrogens is 1. The van der Waals surface area contributed by atoms with E-state index in [1.54, 1.807) is 4.88 Å². The highest BCUT2D eigenvalue weighted by molar-refractivity contribution is 9.10. The molecule has 160 valence electrons. The summed E-state index contributed by atoms with van der Waals surface area (Å²) in [6, 6.07) is 8.63. The van der Waals surface area contributed by atoms with E-state index >= 15 is 0 Å². The van der Waals surface area contributed by atoms with E-state index in [1.807, 2.05) is 11.3 Å². The molecule has 4 heteroatoms. The molecular formula is C26H32BrNOS. The third-order valence-corrected chi connectivity index (χ3v) is 11.6.